The Bertz CT molecular complexity index is 593. The van der Waals surface area contributed by atoms with Crippen LogP contribution in [0, 0.1) is 0 Å². The predicted molar refractivity (Wildman–Crippen MR) is 142 cm³/mol. The van der Waals surface area contributed by atoms with E-state index >= 15 is 0 Å². The second-order valence-corrected chi connectivity index (χ2v) is 8.41. The highest BCUT2D eigenvalue weighted by molar-refractivity contribution is 14.0. The molecule has 31 heavy (non-hydrogen) atoms. The number of nitrogens with one attached hydrogen (secondary N) is 2. The zero-order valence-corrected chi connectivity index (χ0v) is 22.3. The number of halogens is 1. The van der Waals surface area contributed by atoms with E-state index in [-0.39, 0.29) is 24.0 Å². The molecule has 7 heteroatoms. The smallest absolute Gasteiger partial charge is 0.191 e. The molecule has 1 aromatic rings. The van der Waals surface area contributed by atoms with Crippen molar-refractivity contribution in [3.05, 3.63) is 35.9 Å². The lowest BCUT2D eigenvalue weighted by atomic mass is 10.1. The number of aliphatic imine (C=N–C) groups is 1. The van der Waals surface area contributed by atoms with E-state index in [2.05, 4.69) is 71.7 Å². The summed E-state index contributed by atoms with van der Waals surface area (Å²) in [6.07, 6.45) is 4.52. The molecule has 0 bridgehead atoms. The number of ether oxygens (including phenoxy) is 1. The molecule has 6 nitrogen and oxygen atoms in total. The molecule has 1 aliphatic heterocycles. The number of guanidine groups is 1. The first-order valence-electron chi connectivity index (χ1n) is 11.6. The van der Waals surface area contributed by atoms with Gasteiger partial charge in [-0.1, -0.05) is 30.3 Å². The van der Waals surface area contributed by atoms with Crippen LogP contribution in [0.2, 0.25) is 0 Å². The normalized spacial score (nSPS) is 16.7. The summed E-state index contributed by atoms with van der Waals surface area (Å²) < 4.78 is 5.17. The Balaban J connectivity index is 0.00000480. The quantitative estimate of drug-likeness (QED) is 0.182. The molecule has 1 fully saturated rings. The second-order valence-electron chi connectivity index (χ2n) is 8.41. The number of benzene rings is 1. The van der Waals surface area contributed by atoms with Crippen molar-refractivity contribution in [3.8, 4) is 0 Å². The van der Waals surface area contributed by atoms with E-state index in [4.69, 9.17) is 9.73 Å². The Labute approximate surface area is 207 Å². The van der Waals surface area contributed by atoms with Gasteiger partial charge in [0.15, 0.2) is 5.96 Å². The van der Waals surface area contributed by atoms with Crippen LogP contribution in [0.5, 0.6) is 0 Å². The first-order chi connectivity index (χ1) is 14.6. The zero-order valence-electron chi connectivity index (χ0n) is 20.0. The summed E-state index contributed by atoms with van der Waals surface area (Å²) in [5.74, 6) is 0.966. The maximum atomic E-state index is 5.17. The fourth-order valence-corrected chi connectivity index (χ4v) is 3.86. The summed E-state index contributed by atoms with van der Waals surface area (Å²) in [6.45, 7) is 11.4. The van der Waals surface area contributed by atoms with E-state index in [0.29, 0.717) is 12.1 Å². The van der Waals surface area contributed by atoms with Crippen molar-refractivity contribution >= 4 is 29.9 Å². The van der Waals surface area contributed by atoms with Crippen molar-refractivity contribution in [2.24, 2.45) is 4.99 Å². The first kappa shape index (κ1) is 28.1. The number of hydrogen-bond acceptors (Lipinski definition) is 4. The van der Waals surface area contributed by atoms with Crippen LogP contribution in [-0.2, 0) is 11.3 Å². The Morgan fingerprint density at radius 3 is 2.61 bits per heavy atom. The van der Waals surface area contributed by atoms with Crippen LogP contribution in [0.4, 0.5) is 0 Å². The number of nitrogens with zero attached hydrogens (tertiary/aromatic N) is 3. The highest BCUT2D eigenvalue weighted by Crippen LogP contribution is 2.11. The molecule has 1 heterocycles. The Morgan fingerprint density at radius 1 is 1.26 bits per heavy atom. The van der Waals surface area contributed by atoms with Crippen molar-refractivity contribution in [2.45, 2.75) is 58.2 Å². The Morgan fingerprint density at radius 2 is 1.97 bits per heavy atom. The molecule has 2 rings (SSSR count). The summed E-state index contributed by atoms with van der Waals surface area (Å²) in [7, 11) is 3.98. The topological polar surface area (TPSA) is 52.1 Å². The SMILES string of the molecule is CCNC(=NCCC(C)N(C)Cc1ccccc1)NC1CCN(CCCOC)CC1.I. The van der Waals surface area contributed by atoms with Crippen LogP contribution in [0.3, 0.4) is 0 Å². The minimum atomic E-state index is 0. The molecule has 0 amide bonds. The first-order valence-corrected chi connectivity index (χ1v) is 11.6. The van der Waals surface area contributed by atoms with Crippen LogP contribution in [-0.4, -0.2) is 81.3 Å². The van der Waals surface area contributed by atoms with Crippen LogP contribution in [0.25, 0.3) is 0 Å². The molecule has 178 valence electrons. The maximum absolute atomic E-state index is 5.17. The van der Waals surface area contributed by atoms with E-state index in [1.54, 1.807) is 7.11 Å². The summed E-state index contributed by atoms with van der Waals surface area (Å²) >= 11 is 0. The Kier molecular flexibility index (Phi) is 15.2. The molecule has 0 aliphatic carbocycles. The van der Waals surface area contributed by atoms with Gasteiger partial charge in [-0.15, -0.1) is 24.0 Å². The number of methoxy groups -OCH3 is 1. The molecular formula is C24H44IN5O. The van der Waals surface area contributed by atoms with Gasteiger partial charge in [0.1, 0.15) is 0 Å². The van der Waals surface area contributed by atoms with Crippen molar-refractivity contribution in [3.63, 3.8) is 0 Å². The van der Waals surface area contributed by atoms with E-state index in [1.807, 2.05) is 0 Å². The van der Waals surface area contributed by atoms with E-state index in [9.17, 15) is 0 Å². The molecule has 1 saturated heterocycles. The monoisotopic (exact) mass is 545 g/mol. The second kappa shape index (κ2) is 16.7. The maximum Gasteiger partial charge on any atom is 0.191 e. The summed E-state index contributed by atoms with van der Waals surface area (Å²) in [5.41, 5.74) is 1.36. The highest BCUT2D eigenvalue weighted by Gasteiger charge is 2.19. The third-order valence-electron chi connectivity index (χ3n) is 5.94. The fourth-order valence-electron chi connectivity index (χ4n) is 3.86. The molecule has 0 spiro atoms. The molecular weight excluding hydrogens is 501 g/mol. The molecule has 0 saturated carbocycles. The van der Waals surface area contributed by atoms with Gasteiger partial charge in [0.25, 0.3) is 0 Å². The molecule has 1 unspecified atom stereocenters. The molecule has 0 aromatic heterocycles. The minimum absolute atomic E-state index is 0. The van der Waals surface area contributed by atoms with E-state index in [1.165, 1.54) is 18.4 Å². The van der Waals surface area contributed by atoms with Gasteiger partial charge in [0, 0.05) is 65.1 Å². The predicted octanol–water partition coefficient (Wildman–Crippen LogP) is 3.57. The van der Waals surface area contributed by atoms with Gasteiger partial charge in [-0.3, -0.25) is 9.89 Å². The largest absolute Gasteiger partial charge is 0.385 e. The molecule has 2 N–H and O–H groups in total. The van der Waals surface area contributed by atoms with Gasteiger partial charge in [0.05, 0.1) is 0 Å². The lowest BCUT2D eigenvalue weighted by Crippen LogP contribution is -2.49. The summed E-state index contributed by atoms with van der Waals surface area (Å²) in [4.78, 5) is 9.81. The van der Waals surface area contributed by atoms with Gasteiger partial charge in [-0.2, -0.15) is 0 Å². The molecule has 1 atom stereocenters. The Hall–Kier alpha value is -0.900. The third-order valence-corrected chi connectivity index (χ3v) is 5.94. The van der Waals surface area contributed by atoms with Gasteiger partial charge in [-0.05, 0) is 52.1 Å². The number of piperidine rings is 1. The van der Waals surface area contributed by atoms with Crippen LogP contribution in [0.1, 0.15) is 45.1 Å². The van der Waals surface area contributed by atoms with Crippen LogP contribution >= 0.6 is 24.0 Å². The average molecular weight is 546 g/mol. The third kappa shape index (κ3) is 11.5. The van der Waals surface area contributed by atoms with E-state index in [0.717, 1.165) is 64.7 Å². The van der Waals surface area contributed by atoms with E-state index < -0.39 is 0 Å². The highest BCUT2D eigenvalue weighted by atomic mass is 127. The van der Waals surface area contributed by atoms with Gasteiger partial charge in [-0.25, -0.2) is 0 Å². The molecule has 1 aromatic carbocycles. The lowest BCUT2D eigenvalue weighted by Gasteiger charge is -2.33. The fraction of sp³-hybridized carbons (Fsp3) is 0.708. The van der Waals surface area contributed by atoms with Gasteiger partial charge >= 0.3 is 0 Å². The lowest BCUT2D eigenvalue weighted by molar-refractivity contribution is 0.155. The van der Waals surface area contributed by atoms with Crippen LogP contribution in [0.15, 0.2) is 35.3 Å². The number of hydrogen-bond donors (Lipinski definition) is 2. The minimum Gasteiger partial charge on any atom is -0.385 e. The summed E-state index contributed by atoms with van der Waals surface area (Å²) in [5, 5.41) is 7.08. The number of likely N-dealkylation sites (tertiary alicyclic amines) is 1. The van der Waals surface area contributed by atoms with Crippen molar-refractivity contribution in [1.29, 1.82) is 0 Å². The van der Waals surface area contributed by atoms with Gasteiger partial charge < -0.3 is 20.3 Å². The molecule has 0 radical (unpaired) electrons. The van der Waals surface area contributed by atoms with Crippen molar-refractivity contribution in [2.75, 3.05) is 53.5 Å². The van der Waals surface area contributed by atoms with Gasteiger partial charge in [0.2, 0.25) is 0 Å². The summed E-state index contributed by atoms with van der Waals surface area (Å²) in [6, 6.07) is 11.7. The zero-order chi connectivity index (χ0) is 21.6. The average Bonchev–Trinajstić information content (AvgIpc) is 2.76. The molecule has 1 aliphatic rings. The van der Waals surface area contributed by atoms with Crippen molar-refractivity contribution in [1.82, 2.24) is 20.4 Å². The number of rotatable bonds is 12. The van der Waals surface area contributed by atoms with Crippen LogP contribution < -0.4 is 10.6 Å². The standard InChI is InChI=1S/C24H43N5O.HI/c1-5-25-24(27-23-13-17-29(18-14-23)16-9-19-30-4)26-15-12-21(2)28(3)20-22-10-7-6-8-11-22;/h6-8,10-11,21,23H,5,9,12-20H2,1-4H3,(H2,25,26,27);1H. The van der Waals surface area contributed by atoms with Crippen molar-refractivity contribution < 1.29 is 4.74 Å².